The molecule has 1 saturated heterocycles. The number of rotatable bonds is 3. The van der Waals surface area contributed by atoms with Crippen LogP contribution in [0.2, 0.25) is 0 Å². The molecule has 0 aliphatic carbocycles. The highest BCUT2D eigenvalue weighted by atomic mass is 32.2. The first-order valence-electron chi connectivity index (χ1n) is 5.37. The Morgan fingerprint density at radius 2 is 2.00 bits per heavy atom. The van der Waals surface area contributed by atoms with Crippen molar-refractivity contribution in [2.75, 3.05) is 18.8 Å². The number of carboxylic acids is 1. The normalized spacial score (nSPS) is 25.6. The molecule has 0 aromatic heterocycles. The summed E-state index contributed by atoms with van der Waals surface area (Å²) < 4.78 is 22.8. The molecular weight excluding hydrogens is 246 g/mol. The molecule has 0 spiro atoms. The van der Waals surface area contributed by atoms with Gasteiger partial charge in [0.1, 0.15) is 5.75 Å². The fourth-order valence-electron chi connectivity index (χ4n) is 2.07. The van der Waals surface area contributed by atoms with Crippen molar-refractivity contribution in [3.63, 3.8) is 0 Å². The number of carboxylic acid groups (broad SMARTS) is 1. The number of likely N-dealkylation sites (tertiary alicyclic amines) is 1. The number of piperidine rings is 1. The molecule has 0 aromatic carbocycles. The average molecular weight is 263 g/mol. The first-order chi connectivity index (χ1) is 7.68. The number of amides is 1. The van der Waals surface area contributed by atoms with Crippen LogP contribution in [0.5, 0.6) is 0 Å². The molecule has 0 saturated carbocycles. The first-order valence-corrected chi connectivity index (χ1v) is 7.03. The minimum absolute atomic E-state index is 0.0813. The van der Waals surface area contributed by atoms with Crippen molar-refractivity contribution in [3.05, 3.63) is 0 Å². The molecule has 0 aromatic rings. The molecule has 1 N–H and O–H groups in total. The van der Waals surface area contributed by atoms with Gasteiger partial charge in [-0.15, -0.1) is 0 Å². The van der Waals surface area contributed by atoms with Crippen LogP contribution in [0.15, 0.2) is 0 Å². The quantitative estimate of drug-likeness (QED) is 0.767. The van der Waals surface area contributed by atoms with Crippen LogP contribution in [-0.2, 0) is 19.4 Å². The molecule has 7 heteroatoms. The summed E-state index contributed by atoms with van der Waals surface area (Å²) in [5.41, 5.74) is 0. The van der Waals surface area contributed by atoms with E-state index < -0.39 is 26.3 Å². The number of nitrogens with zero attached hydrogens (tertiary/aromatic N) is 1. The lowest BCUT2D eigenvalue weighted by Crippen LogP contribution is -2.53. The van der Waals surface area contributed by atoms with Crippen LogP contribution in [0.25, 0.3) is 0 Å². The second-order valence-electron chi connectivity index (χ2n) is 4.65. The highest BCUT2D eigenvalue weighted by molar-refractivity contribution is 7.93. The van der Waals surface area contributed by atoms with Crippen molar-refractivity contribution in [2.45, 2.75) is 31.4 Å². The fraction of sp³-hybridized carbons (Fsp3) is 0.800. The van der Waals surface area contributed by atoms with Gasteiger partial charge in [-0.2, -0.15) is 0 Å². The van der Waals surface area contributed by atoms with E-state index in [0.29, 0.717) is 19.4 Å². The lowest BCUT2D eigenvalue weighted by atomic mass is 9.99. The maximum atomic E-state index is 12.0. The van der Waals surface area contributed by atoms with E-state index in [2.05, 4.69) is 0 Å². The smallest absolute Gasteiger partial charge is 0.318 e. The van der Waals surface area contributed by atoms with Gasteiger partial charge in [-0.05, 0) is 19.8 Å². The van der Waals surface area contributed by atoms with Crippen LogP contribution in [0, 0.1) is 0 Å². The second-order valence-corrected chi connectivity index (χ2v) is 7.15. The third kappa shape index (κ3) is 2.96. The van der Waals surface area contributed by atoms with Crippen LogP contribution in [0.4, 0.5) is 0 Å². The van der Waals surface area contributed by atoms with Crippen LogP contribution in [0.3, 0.4) is 0 Å². The molecule has 0 bridgehead atoms. The van der Waals surface area contributed by atoms with E-state index >= 15 is 0 Å². The Bertz CT molecular complexity index is 430. The number of carbonyl (C=O) groups excluding carboxylic acids is 1. The zero-order valence-electron chi connectivity index (χ0n) is 9.97. The molecule has 6 nitrogen and oxygen atoms in total. The van der Waals surface area contributed by atoms with Crippen molar-refractivity contribution in [2.24, 2.45) is 0 Å². The Labute approximate surface area is 101 Å². The molecule has 1 amide bonds. The van der Waals surface area contributed by atoms with E-state index in [1.165, 1.54) is 18.7 Å². The third-order valence-electron chi connectivity index (χ3n) is 3.17. The zero-order valence-corrected chi connectivity index (χ0v) is 10.8. The summed E-state index contributed by atoms with van der Waals surface area (Å²) >= 11 is 0. The minimum Gasteiger partial charge on any atom is -0.480 e. The number of hydrogen-bond donors (Lipinski definition) is 1. The van der Waals surface area contributed by atoms with E-state index in [1.54, 1.807) is 0 Å². The SMILES string of the molecule is CC(=O)N1CCCC(C)(S(=O)(=O)CC(=O)O)C1. The van der Waals surface area contributed by atoms with Gasteiger partial charge in [0.05, 0.1) is 4.75 Å². The predicted octanol–water partition coefficient (Wildman–Crippen LogP) is -0.113. The monoisotopic (exact) mass is 263 g/mol. The van der Waals surface area contributed by atoms with Crippen LogP contribution >= 0.6 is 0 Å². The molecule has 1 rings (SSSR count). The van der Waals surface area contributed by atoms with Gasteiger partial charge in [0.15, 0.2) is 9.84 Å². The van der Waals surface area contributed by atoms with E-state index in [0.717, 1.165) is 0 Å². The van der Waals surface area contributed by atoms with Crippen molar-refractivity contribution < 1.29 is 23.1 Å². The van der Waals surface area contributed by atoms with E-state index in [4.69, 9.17) is 5.11 Å². The van der Waals surface area contributed by atoms with Crippen molar-refractivity contribution in [1.82, 2.24) is 4.90 Å². The van der Waals surface area contributed by atoms with E-state index in [-0.39, 0.29) is 12.5 Å². The van der Waals surface area contributed by atoms with Crippen LogP contribution < -0.4 is 0 Å². The summed E-state index contributed by atoms with van der Waals surface area (Å²) in [4.78, 5) is 23.3. The molecule has 1 aliphatic heterocycles. The summed E-state index contributed by atoms with van der Waals surface area (Å²) in [7, 11) is -3.74. The first kappa shape index (κ1) is 14.0. The van der Waals surface area contributed by atoms with Gasteiger partial charge in [-0.3, -0.25) is 9.59 Å². The maximum Gasteiger partial charge on any atom is 0.318 e. The number of aliphatic carboxylic acids is 1. The lowest BCUT2D eigenvalue weighted by Gasteiger charge is -2.39. The van der Waals surface area contributed by atoms with Gasteiger partial charge < -0.3 is 10.0 Å². The fourth-order valence-corrected chi connectivity index (χ4v) is 3.55. The highest BCUT2D eigenvalue weighted by Gasteiger charge is 2.44. The van der Waals surface area contributed by atoms with Gasteiger partial charge >= 0.3 is 5.97 Å². The Balaban J connectivity index is 2.94. The average Bonchev–Trinajstić information content (AvgIpc) is 2.15. The van der Waals surface area contributed by atoms with Crippen LogP contribution in [-0.4, -0.2) is 53.9 Å². The third-order valence-corrected chi connectivity index (χ3v) is 5.63. The maximum absolute atomic E-state index is 12.0. The molecule has 98 valence electrons. The molecular formula is C10H17NO5S. The van der Waals surface area contributed by atoms with Gasteiger partial charge in [-0.25, -0.2) is 8.42 Å². The van der Waals surface area contributed by atoms with Crippen LogP contribution in [0.1, 0.15) is 26.7 Å². The summed E-state index contributed by atoms with van der Waals surface area (Å²) in [6, 6.07) is 0. The lowest BCUT2D eigenvalue weighted by molar-refractivity contribution is -0.134. The Kier molecular flexibility index (Phi) is 3.81. The molecule has 0 radical (unpaired) electrons. The number of sulfone groups is 1. The summed E-state index contributed by atoms with van der Waals surface area (Å²) in [6.07, 6.45) is 0.974. The summed E-state index contributed by atoms with van der Waals surface area (Å²) in [5, 5.41) is 8.61. The van der Waals surface area contributed by atoms with Crippen molar-refractivity contribution >= 4 is 21.7 Å². The van der Waals surface area contributed by atoms with Crippen molar-refractivity contribution in [1.29, 1.82) is 0 Å². The van der Waals surface area contributed by atoms with Gasteiger partial charge in [0.25, 0.3) is 0 Å². The van der Waals surface area contributed by atoms with Gasteiger partial charge in [0.2, 0.25) is 5.91 Å². The second kappa shape index (κ2) is 4.64. The van der Waals surface area contributed by atoms with Gasteiger partial charge in [-0.1, -0.05) is 0 Å². The Morgan fingerprint density at radius 1 is 1.41 bits per heavy atom. The Morgan fingerprint density at radius 3 is 2.47 bits per heavy atom. The topological polar surface area (TPSA) is 91.8 Å². The molecule has 17 heavy (non-hydrogen) atoms. The van der Waals surface area contributed by atoms with E-state index in [1.807, 2.05) is 0 Å². The van der Waals surface area contributed by atoms with E-state index in [9.17, 15) is 18.0 Å². The summed E-state index contributed by atoms with van der Waals surface area (Å²) in [5.74, 6) is -2.41. The standard InChI is InChI=1S/C10H17NO5S/c1-8(12)11-5-3-4-10(2,7-11)17(15,16)6-9(13)14/h3-7H2,1-2H3,(H,13,14). The highest BCUT2D eigenvalue weighted by Crippen LogP contribution is 2.29. The summed E-state index contributed by atoms with van der Waals surface area (Å²) in [6.45, 7) is 3.52. The van der Waals surface area contributed by atoms with Crippen molar-refractivity contribution in [3.8, 4) is 0 Å². The minimum atomic E-state index is -3.74. The zero-order chi connectivity index (χ0) is 13.3. The number of hydrogen-bond acceptors (Lipinski definition) is 4. The molecule has 1 heterocycles. The predicted molar refractivity (Wildman–Crippen MR) is 61.3 cm³/mol. The molecule has 1 unspecified atom stereocenters. The molecule has 1 fully saturated rings. The largest absolute Gasteiger partial charge is 0.480 e. The van der Waals surface area contributed by atoms with Gasteiger partial charge in [0, 0.05) is 20.0 Å². The molecule has 1 atom stereocenters. The Hall–Kier alpha value is -1.11. The number of carbonyl (C=O) groups is 2. The molecule has 1 aliphatic rings.